The molecule has 2 rings (SSSR count). The van der Waals surface area contributed by atoms with Gasteiger partial charge in [-0.3, -0.25) is 9.69 Å². The van der Waals surface area contributed by atoms with Crippen molar-refractivity contribution in [3.8, 4) is 0 Å². The number of carbonyl (C=O) groups excluding carboxylic acids is 2. The van der Waals surface area contributed by atoms with E-state index in [1.54, 1.807) is 7.05 Å². The number of amides is 3. The molecule has 1 aliphatic heterocycles. The number of hydrogen-bond acceptors (Lipinski definition) is 4. The summed E-state index contributed by atoms with van der Waals surface area (Å²) < 4.78 is 36.0. The predicted octanol–water partition coefficient (Wildman–Crippen LogP) is 1.70. The van der Waals surface area contributed by atoms with Crippen LogP contribution in [0.3, 0.4) is 0 Å². The SMILES string of the molecule is CN1CCN(c2ncc(C(=O)NCCC(F)(F)F)s2)C1=O. The quantitative estimate of drug-likeness (QED) is 0.917. The van der Waals surface area contributed by atoms with Crippen LogP contribution >= 0.6 is 11.3 Å². The minimum atomic E-state index is -4.31. The zero-order chi connectivity index (χ0) is 15.6. The molecule has 0 saturated carbocycles. The normalized spacial score (nSPS) is 15.7. The summed E-state index contributed by atoms with van der Waals surface area (Å²) in [4.78, 5) is 30.5. The maximum atomic E-state index is 12.0. The lowest BCUT2D eigenvalue weighted by molar-refractivity contribution is -0.132. The monoisotopic (exact) mass is 322 g/mol. The Hall–Kier alpha value is -1.84. The molecule has 0 spiro atoms. The number of nitrogens with zero attached hydrogens (tertiary/aromatic N) is 3. The third-order valence-electron chi connectivity index (χ3n) is 2.86. The minimum absolute atomic E-state index is 0.175. The van der Waals surface area contributed by atoms with E-state index in [2.05, 4.69) is 10.3 Å². The van der Waals surface area contributed by atoms with Crippen LogP contribution in [0.2, 0.25) is 0 Å². The lowest BCUT2D eigenvalue weighted by atomic mass is 10.4. The van der Waals surface area contributed by atoms with Crippen LogP contribution in [0.5, 0.6) is 0 Å². The summed E-state index contributed by atoms with van der Waals surface area (Å²) in [6.45, 7) is 0.546. The zero-order valence-electron chi connectivity index (χ0n) is 11.1. The number of urea groups is 1. The third-order valence-corrected chi connectivity index (χ3v) is 3.88. The molecule has 0 atom stereocenters. The molecule has 0 radical (unpaired) electrons. The molecule has 1 saturated heterocycles. The molecule has 1 aromatic rings. The second kappa shape index (κ2) is 5.88. The highest BCUT2D eigenvalue weighted by molar-refractivity contribution is 7.17. The molecule has 1 fully saturated rings. The molecule has 116 valence electrons. The van der Waals surface area contributed by atoms with Gasteiger partial charge in [-0.1, -0.05) is 11.3 Å². The first-order chi connectivity index (χ1) is 9.78. The van der Waals surface area contributed by atoms with Crippen molar-refractivity contribution in [1.82, 2.24) is 15.2 Å². The van der Waals surface area contributed by atoms with E-state index < -0.39 is 25.0 Å². The lowest BCUT2D eigenvalue weighted by Crippen LogP contribution is -2.29. The van der Waals surface area contributed by atoms with E-state index in [-0.39, 0.29) is 10.9 Å². The summed E-state index contributed by atoms with van der Waals surface area (Å²) in [5.41, 5.74) is 0. The van der Waals surface area contributed by atoms with Crippen molar-refractivity contribution in [2.75, 3.05) is 31.6 Å². The fourth-order valence-electron chi connectivity index (χ4n) is 1.72. The molecule has 0 aromatic carbocycles. The van der Waals surface area contributed by atoms with E-state index >= 15 is 0 Å². The number of rotatable bonds is 4. The van der Waals surface area contributed by atoms with Gasteiger partial charge in [-0.25, -0.2) is 9.78 Å². The molecule has 6 nitrogen and oxygen atoms in total. The molecular weight excluding hydrogens is 309 g/mol. The Labute approximate surface area is 122 Å². The van der Waals surface area contributed by atoms with E-state index in [4.69, 9.17) is 0 Å². The highest BCUT2D eigenvalue weighted by atomic mass is 32.1. The van der Waals surface area contributed by atoms with Gasteiger partial charge in [0.05, 0.1) is 12.6 Å². The number of hydrogen-bond donors (Lipinski definition) is 1. The van der Waals surface area contributed by atoms with Crippen LogP contribution in [-0.4, -0.2) is 54.7 Å². The number of carbonyl (C=O) groups is 2. The third kappa shape index (κ3) is 3.84. The fourth-order valence-corrected chi connectivity index (χ4v) is 2.58. The highest BCUT2D eigenvalue weighted by Gasteiger charge is 2.30. The molecule has 0 bridgehead atoms. The highest BCUT2D eigenvalue weighted by Crippen LogP contribution is 2.25. The van der Waals surface area contributed by atoms with Gasteiger partial charge in [0.2, 0.25) is 0 Å². The van der Waals surface area contributed by atoms with Crippen LogP contribution in [-0.2, 0) is 0 Å². The number of likely N-dealkylation sites (N-methyl/N-ethyl adjacent to an activating group) is 1. The van der Waals surface area contributed by atoms with Gasteiger partial charge >= 0.3 is 12.2 Å². The minimum Gasteiger partial charge on any atom is -0.351 e. The summed E-state index contributed by atoms with van der Waals surface area (Å²) in [7, 11) is 1.65. The molecular formula is C11H13F3N4O2S. The number of thiazole rings is 1. The van der Waals surface area contributed by atoms with Crippen LogP contribution in [0.25, 0.3) is 0 Å². The van der Waals surface area contributed by atoms with Gasteiger partial charge in [-0.2, -0.15) is 13.2 Å². The van der Waals surface area contributed by atoms with Crippen molar-refractivity contribution >= 4 is 28.4 Å². The van der Waals surface area contributed by atoms with Crippen molar-refractivity contribution in [3.05, 3.63) is 11.1 Å². The number of alkyl halides is 3. The Kier molecular flexibility index (Phi) is 4.35. The largest absolute Gasteiger partial charge is 0.390 e. The average molecular weight is 322 g/mol. The number of halogens is 3. The number of nitrogens with one attached hydrogen (secondary N) is 1. The topological polar surface area (TPSA) is 65.5 Å². The van der Waals surface area contributed by atoms with Gasteiger partial charge in [0.15, 0.2) is 5.13 Å². The smallest absolute Gasteiger partial charge is 0.351 e. The standard InChI is InChI=1S/C11H13F3N4O2S/c1-17-4-5-18(10(17)20)9-16-6-7(21-9)8(19)15-3-2-11(12,13)14/h6H,2-5H2,1H3,(H,15,19). The van der Waals surface area contributed by atoms with Crippen LogP contribution in [0.1, 0.15) is 16.1 Å². The summed E-state index contributed by atoms with van der Waals surface area (Å²) in [5.74, 6) is -0.622. The van der Waals surface area contributed by atoms with E-state index in [9.17, 15) is 22.8 Å². The Morgan fingerprint density at radius 1 is 1.48 bits per heavy atom. The van der Waals surface area contributed by atoms with Gasteiger partial charge in [0, 0.05) is 26.7 Å². The van der Waals surface area contributed by atoms with Gasteiger partial charge in [-0.15, -0.1) is 0 Å². The Bertz CT molecular complexity index is 546. The Morgan fingerprint density at radius 2 is 2.19 bits per heavy atom. The van der Waals surface area contributed by atoms with E-state index in [1.165, 1.54) is 16.0 Å². The molecule has 10 heteroatoms. The van der Waals surface area contributed by atoms with Crippen LogP contribution in [0.15, 0.2) is 6.20 Å². The molecule has 1 N–H and O–H groups in total. The van der Waals surface area contributed by atoms with Crippen molar-refractivity contribution in [1.29, 1.82) is 0 Å². The number of anilines is 1. The molecule has 2 heterocycles. The zero-order valence-corrected chi connectivity index (χ0v) is 11.9. The van der Waals surface area contributed by atoms with Gasteiger partial charge in [-0.05, 0) is 0 Å². The lowest BCUT2D eigenvalue weighted by Gasteiger charge is -2.11. The number of aromatic nitrogens is 1. The fraction of sp³-hybridized carbons (Fsp3) is 0.545. The molecule has 0 aliphatic carbocycles. The first kappa shape index (κ1) is 15.5. The summed E-state index contributed by atoms with van der Waals surface area (Å²) in [6.07, 6.45) is -4.13. The van der Waals surface area contributed by atoms with Crippen LogP contribution < -0.4 is 10.2 Å². The van der Waals surface area contributed by atoms with Crippen LogP contribution in [0, 0.1) is 0 Å². The van der Waals surface area contributed by atoms with Crippen molar-refractivity contribution in [3.63, 3.8) is 0 Å². The van der Waals surface area contributed by atoms with Gasteiger partial charge in [0.1, 0.15) is 4.88 Å². The first-order valence-electron chi connectivity index (χ1n) is 6.11. The summed E-state index contributed by atoms with van der Waals surface area (Å²) in [5, 5.41) is 2.54. The summed E-state index contributed by atoms with van der Waals surface area (Å²) in [6, 6.07) is -0.214. The maximum absolute atomic E-state index is 12.0. The average Bonchev–Trinajstić information content (AvgIpc) is 2.97. The van der Waals surface area contributed by atoms with Crippen LogP contribution in [0.4, 0.5) is 23.1 Å². The maximum Gasteiger partial charge on any atom is 0.390 e. The molecule has 1 aliphatic rings. The first-order valence-corrected chi connectivity index (χ1v) is 6.93. The van der Waals surface area contributed by atoms with Gasteiger partial charge < -0.3 is 10.2 Å². The molecule has 21 heavy (non-hydrogen) atoms. The Balaban J connectivity index is 1.94. The van der Waals surface area contributed by atoms with Crippen molar-refractivity contribution < 1.29 is 22.8 Å². The Morgan fingerprint density at radius 3 is 2.76 bits per heavy atom. The van der Waals surface area contributed by atoms with Crippen molar-refractivity contribution in [2.24, 2.45) is 0 Å². The second-order valence-corrected chi connectivity index (χ2v) is 5.49. The van der Waals surface area contributed by atoms with Crippen molar-refractivity contribution in [2.45, 2.75) is 12.6 Å². The van der Waals surface area contributed by atoms with Gasteiger partial charge in [0.25, 0.3) is 5.91 Å². The van der Waals surface area contributed by atoms with E-state index in [0.29, 0.717) is 18.2 Å². The molecule has 3 amide bonds. The summed E-state index contributed by atoms with van der Waals surface area (Å²) >= 11 is 0.976. The second-order valence-electron chi connectivity index (χ2n) is 4.48. The van der Waals surface area contributed by atoms with E-state index in [1.807, 2.05) is 0 Å². The van der Waals surface area contributed by atoms with E-state index in [0.717, 1.165) is 11.3 Å². The molecule has 0 unspecified atom stereocenters. The predicted molar refractivity (Wildman–Crippen MR) is 70.5 cm³/mol. The molecule has 1 aromatic heterocycles.